The van der Waals surface area contributed by atoms with E-state index < -0.39 is 11.4 Å². The SMILES string of the molecule is CC[C@](NC(=O)c1cc2ccccn2c1)(C(N)=O)C(C)C. The minimum absolute atomic E-state index is 0.0824. The molecule has 0 saturated heterocycles. The number of primary amides is 1. The molecule has 0 aliphatic carbocycles. The highest BCUT2D eigenvalue weighted by Crippen LogP contribution is 2.22. The molecule has 112 valence electrons. The second kappa shape index (κ2) is 5.60. The Morgan fingerprint density at radius 3 is 2.62 bits per heavy atom. The van der Waals surface area contributed by atoms with Crippen LogP contribution >= 0.6 is 0 Å². The van der Waals surface area contributed by atoms with Crippen LogP contribution in [0.2, 0.25) is 0 Å². The van der Waals surface area contributed by atoms with Crippen molar-refractivity contribution in [3.05, 3.63) is 42.2 Å². The van der Waals surface area contributed by atoms with Crippen molar-refractivity contribution >= 4 is 17.3 Å². The number of carbonyl (C=O) groups is 2. The van der Waals surface area contributed by atoms with Crippen LogP contribution in [0.4, 0.5) is 0 Å². The minimum Gasteiger partial charge on any atom is -0.368 e. The molecule has 0 fully saturated rings. The van der Waals surface area contributed by atoms with Crippen molar-refractivity contribution in [2.24, 2.45) is 11.7 Å². The van der Waals surface area contributed by atoms with E-state index in [1.54, 1.807) is 12.3 Å². The number of nitrogens with zero attached hydrogens (tertiary/aromatic N) is 1. The molecule has 2 aromatic heterocycles. The third kappa shape index (κ3) is 2.63. The molecule has 2 amide bonds. The summed E-state index contributed by atoms with van der Waals surface area (Å²) < 4.78 is 1.86. The molecule has 5 nitrogen and oxygen atoms in total. The highest BCUT2D eigenvalue weighted by atomic mass is 16.2. The summed E-state index contributed by atoms with van der Waals surface area (Å²) in [7, 11) is 0. The Morgan fingerprint density at radius 2 is 2.10 bits per heavy atom. The van der Waals surface area contributed by atoms with E-state index in [4.69, 9.17) is 5.73 Å². The molecule has 1 atom stereocenters. The van der Waals surface area contributed by atoms with Gasteiger partial charge < -0.3 is 15.5 Å². The lowest BCUT2D eigenvalue weighted by Crippen LogP contribution is -2.60. The molecule has 2 rings (SSSR count). The predicted octanol–water partition coefficient (Wildman–Crippen LogP) is 1.96. The lowest BCUT2D eigenvalue weighted by atomic mass is 9.83. The van der Waals surface area contributed by atoms with E-state index in [9.17, 15) is 9.59 Å². The Balaban J connectivity index is 2.32. The molecule has 3 N–H and O–H groups in total. The molecule has 0 unspecified atom stereocenters. The van der Waals surface area contributed by atoms with Gasteiger partial charge in [-0.2, -0.15) is 0 Å². The fourth-order valence-corrected chi connectivity index (χ4v) is 2.62. The maximum atomic E-state index is 12.5. The maximum Gasteiger partial charge on any atom is 0.253 e. The van der Waals surface area contributed by atoms with Crippen LogP contribution < -0.4 is 11.1 Å². The maximum absolute atomic E-state index is 12.5. The number of pyridine rings is 1. The van der Waals surface area contributed by atoms with Gasteiger partial charge in [0.1, 0.15) is 5.54 Å². The second-order valence-corrected chi connectivity index (χ2v) is 5.56. The Bertz CT molecular complexity index is 642. The number of hydrogen-bond donors (Lipinski definition) is 2. The average Bonchev–Trinajstić information content (AvgIpc) is 2.87. The summed E-state index contributed by atoms with van der Waals surface area (Å²) in [5.41, 5.74) is 5.94. The predicted molar refractivity (Wildman–Crippen MR) is 81.9 cm³/mol. The normalized spacial score (nSPS) is 14.1. The molecule has 0 aromatic carbocycles. The summed E-state index contributed by atoms with van der Waals surface area (Å²) in [6.45, 7) is 5.61. The minimum atomic E-state index is -1.02. The van der Waals surface area contributed by atoms with Gasteiger partial charge in [0.05, 0.1) is 5.56 Å². The molecular formula is C16H21N3O2. The summed E-state index contributed by atoms with van der Waals surface area (Å²) in [4.78, 5) is 24.3. The third-order valence-electron chi connectivity index (χ3n) is 4.09. The Labute approximate surface area is 124 Å². The van der Waals surface area contributed by atoms with E-state index in [1.165, 1.54) is 0 Å². The highest BCUT2D eigenvalue weighted by Gasteiger charge is 2.39. The summed E-state index contributed by atoms with van der Waals surface area (Å²) in [5.74, 6) is -0.869. The fraction of sp³-hybridized carbons (Fsp3) is 0.375. The van der Waals surface area contributed by atoms with Gasteiger partial charge in [-0.15, -0.1) is 0 Å². The van der Waals surface area contributed by atoms with Gasteiger partial charge in [0.2, 0.25) is 5.91 Å². The van der Waals surface area contributed by atoms with Gasteiger partial charge >= 0.3 is 0 Å². The van der Waals surface area contributed by atoms with Crippen molar-refractivity contribution in [2.75, 3.05) is 0 Å². The van der Waals surface area contributed by atoms with Crippen LogP contribution in [0.1, 0.15) is 37.6 Å². The van der Waals surface area contributed by atoms with E-state index in [0.29, 0.717) is 12.0 Å². The first-order valence-electron chi connectivity index (χ1n) is 7.10. The first kappa shape index (κ1) is 15.1. The molecular weight excluding hydrogens is 266 g/mol. The highest BCUT2D eigenvalue weighted by molar-refractivity contribution is 6.00. The summed E-state index contributed by atoms with van der Waals surface area (Å²) in [5, 5.41) is 2.83. The first-order valence-corrected chi connectivity index (χ1v) is 7.10. The summed E-state index contributed by atoms with van der Waals surface area (Å²) in [6, 6.07) is 7.50. The second-order valence-electron chi connectivity index (χ2n) is 5.56. The smallest absolute Gasteiger partial charge is 0.253 e. The number of amides is 2. The van der Waals surface area contributed by atoms with E-state index >= 15 is 0 Å². The van der Waals surface area contributed by atoms with E-state index in [0.717, 1.165) is 5.52 Å². The number of fused-ring (bicyclic) bond motifs is 1. The summed E-state index contributed by atoms with van der Waals surface area (Å²) >= 11 is 0. The fourth-order valence-electron chi connectivity index (χ4n) is 2.62. The molecule has 0 radical (unpaired) electrons. The van der Waals surface area contributed by atoms with Crippen molar-refractivity contribution in [1.29, 1.82) is 0 Å². The monoisotopic (exact) mass is 287 g/mol. The van der Waals surface area contributed by atoms with Gasteiger partial charge in [0.15, 0.2) is 0 Å². The van der Waals surface area contributed by atoms with Crippen molar-refractivity contribution < 1.29 is 9.59 Å². The van der Waals surface area contributed by atoms with E-state index in [-0.39, 0.29) is 11.8 Å². The molecule has 0 saturated carbocycles. The molecule has 0 bridgehead atoms. The Morgan fingerprint density at radius 1 is 1.38 bits per heavy atom. The van der Waals surface area contributed by atoms with Gasteiger partial charge in [-0.1, -0.05) is 26.8 Å². The third-order valence-corrected chi connectivity index (χ3v) is 4.09. The number of aromatic nitrogens is 1. The number of nitrogens with two attached hydrogens (primary N) is 1. The van der Waals surface area contributed by atoms with Gasteiger partial charge in [-0.3, -0.25) is 9.59 Å². The number of hydrogen-bond acceptors (Lipinski definition) is 2. The van der Waals surface area contributed by atoms with Crippen LogP contribution in [-0.4, -0.2) is 21.8 Å². The van der Waals surface area contributed by atoms with Crippen LogP contribution in [0.3, 0.4) is 0 Å². The van der Waals surface area contributed by atoms with Crippen LogP contribution in [-0.2, 0) is 4.79 Å². The topological polar surface area (TPSA) is 76.6 Å². The molecule has 21 heavy (non-hydrogen) atoms. The van der Waals surface area contributed by atoms with Crippen LogP contribution in [0, 0.1) is 5.92 Å². The van der Waals surface area contributed by atoms with Crippen LogP contribution in [0.15, 0.2) is 36.7 Å². The van der Waals surface area contributed by atoms with Crippen LogP contribution in [0.5, 0.6) is 0 Å². The lowest BCUT2D eigenvalue weighted by Gasteiger charge is -2.34. The number of rotatable bonds is 5. The Kier molecular flexibility index (Phi) is 4.02. The zero-order valence-corrected chi connectivity index (χ0v) is 12.6. The van der Waals surface area contributed by atoms with Gasteiger partial charge in [-0.05, 0) is 30.5 Å². The molecule has 5 heteroatoms. The molecule has 0 aliphatic heterocycles. The molecule has 2 aromatic rings. The largest absolute Gasteiger partial charge is 0.368 e. The van der Waals surface area contributed by atoms with Crippen molar-refractivity contribution in [3.8, 4) is 0 Å². The Hall–Kier alpha value is -2.30. The van der Waals surface area contributed by atoms with Crippen molar-refractivity contribution in [1.82, 2.24) is 9.72 Å². The van der Waals surface area contributed by atoms with Crippen LogP contribution in [0.25, 0.3) is 5.52 Å². The lowest BCUT2D eigenvalue weighted by molar-refractivity contribution is -0.126. The quantitative estimate of drug-likeness (QED) is 0.882. The number of nitrogens with one attached hydrogen (secondary N) is 1. The first-order chi connectivity index (χ1) is 9.90. The van der Waals surface area contributed by atoms with Crippen molar-refractivity contribution in [3.63, 3.8) is 0 Å². The van der Waals surface area contributed by atoms with Gasteiger partial charge in [0, 0.05) is 17.9 Å². The molecule has 2 heterocycles. The van der Waals surface area contributed by atoms with Gasteiger partial charge in [-0.25, -0.2) is 0 Å². The zero-order valence-electron chi connectivity index (χ0n) is 12.6. The molecule has 0 aliphatic rings. The van der Waals surface area contributed by atoms with Gasteiger partial charge in [0.25, 0.3) is 5.91 Å². The summed E-state index contributed by atoms with van der Waals surface area (Å²) in [6.07, 6.45) is 4.07. The van der Waals surface area contributed by atoms with E-state index in [2.05, 4.69) is 5.32 Å². The zero-order chi connectivity index (χ0) is 15.6. The van der Waals surface area contributed by atoms with Crippen molar-refractivity contribution in [2.45, 2.75) is 32.7 Å². The molecule has 0 spiro atoms. The van der Waals surface area contributed by atoms with E-state index in [1.807, 2.05) is 49.6 Å². The number of carbonyl (C=O) groups excluding carboxylic acids is 2. The standard InChI is InChI=1S/C16H21N3O2/c1-4-16(11(2)3,15(17)21)18-14(20)12-9-13-7-5-6-8-19(13)10-12/h5-11H,4H2,1-3H3,(H2,17,21)(H,18,20)/t16-/m1/s1. The average molecular weight is 287 g/mol.